The van der Waals surface area contributed by atoms with Crippen molar-refractivity contribution in [1.82, 2.24) is 4.57 Å². The van der Waals surface area contributed by atoms with E-state index >= 15 is 0 Å². The second kappa shape index (κ2) is 5.14. The van der Waals surface area contributed by atoms with Gasteiger partial charge in [0, 0.05) is 12.7 Å². The highest BCUT2D eigenvalue weighted by Gasteiger charge is 2.14. The van der Waals surface area contributed by atoms with Gasteiger partial charge in [0.15, 0.2) is 0 Å². The number of hydrogen-bond acceptors (Lipinski definition) is 2. The van der Waals surface area contributed by atoms with Crippen LogP contribution < -0.4 is 11.1 Å². The number of halogens is 1. The van der Waals surface area contributed by atoms with Crippen molar-refractivity contribution < 1.29 is 9.18 Å². The number of amides is 1. The third-order valence-corrected chi connectivity index (χ3v) is 2.86. The minimum atomic E-state index is -0.457. The Kier molecular flexibility index (Phi) is 3.55. The number of benzene rings is 1. The Morgan fingerprint density at radius 2 is 2.16 bits per heavy atom. The zero-order chi connectivity index (χ0) is 14.0. The van der Waals surface area contributed by atoms with Gasteiger partial charge in [-0.3, -0.25) is 4.79 Å². The average Bonchev–Trinajstić information content (AvgIpc) is 2.75. The van der Waals surface area contributed by atoms with Crippen LogP contribution in [0, 0.1) is 12.7 Å². The molecule has 1 amide bonds. The number of carbonyl (C=O) groups excluding carboxylic acids is 1. The molecular weight excluding hydrogens is 245 g/mol. The van der Waals surface area contributed by atoms with Crippen molar-refractivity contribution in [1.29, 1.82) is 0 Å². The molecule has 0 saturated carbocycles. The number of nitrogens with one attached hydrogen (secondary N) is 1. The molecule has 100 valence electrons. The van der Waals surface area contributed by atoms with E-state index in [4.69, 9.17) is 5.73 Å². The van der Waals surface area contributed by atoms with E-state index in [0.29, 0.717) is 17.9 Å². The van der Waals surface area contributed by atoms with Crippen LogP contribution in [0.4, 0.5) is 15.8 Å². The molecule has 0 aliphatic rings. The molecule has 2 aromatic rings. The molecule has 0 saturated heterocycles. The second-order valence-electron chi connectivity index (χ2n) is 4.38. The monoisotopic (exact) mass is 261 g/mol. The number of aryl methyl sites for hydroxylation is 2. The van der Waals surface area contributed by atoms with Gasteiger partial charge in [-0.15, -0.1) is 0 Å². The van der Waals surface area contributed by atoms with Crippen LogP contribution in [0.5, 0.6) is 0 Å². The van der Waals surface area contributed by atoms with Gasteiger partial charge in [0.25, 0.3) is 5.91 Å². The third kappa shape index (κ3) is 2.76. The quantitative estimate of drug-likeness (QED) is 0.892. The maximum Gasteiger partial charge on any atom is 0.272 e. The Morgan fingerprint density at radius 1 is 1.42 bits per heavy atom. The van der Waals surface area contributed by atoms with Crippen LogP contribution in [0.3, 0.4) is 0 Å². The molecule has 0 fully saturated rings. The molecule has 4 nitrogen and oxygen atoms in total. The molecule has 0 atom stereocenters. The highest BCUT2D eigenvalue weighted by atomic mass is 19.1. The Labute approximate surface area is 111 Å². The summed E-state index contributed by atoms with van der Waals surface area (Å²) in [5.74, 6) is -0.829. The summed E-state index contributed by atoms with van der Waals surface area (Å²) in [7, 11) is 0. The van der Waals surface area contributed by atoms with E-state index in [2.05, 4.69) is 5.32 Å². The summed E-state index contributed by atoms with van der Waals surface area (Å²) in [5.41, 5.74) is 7.64. The topological polar surface area (TPSA) is 60.0 Å². The lowest BCUT2D eigenvalue weighted by Gasteiger charge is -2.09. The fourth-order valence-corrected chi connectivity index (χ4v) is 1.91. The van der Waals surface area contributed by atoms with Crippen molar-refractivity contribution in [3.8, 4) is 0 Å². The normalized spacial score (nSPS) is 10.5. The Hall–Kier alpha value is -2.30. The van der Waals surface area contributed by atoms with Gasteiger partial charge in [-0.1, -0.05) is 6.07 Å². The molecule has 1 aromatic carbocycles. The van der Waals surface area contributed by atoms with Gasteiger partial charge in [0.2, 0.25) is 0 Å². The Morgan fingerprint density at radius 3 is 2.84 bits per heavy atom. The molecule has 1 aromatic heterocycles. The maximum absolute atomic E-state index is 13.6. The number of hydrogen-bond donors (Lipinski definition) is 2. The van der Waals surface area contributed by atoms with Crippen molar-refractivity contribution in [2.24, 2.45) is 0 Å². The van der Waals surface area contributed by atoms with Crippen LogP contribution in [-0.4, -0.2) is 10.5 Å². The smallest absolute Gasteiger partial charge is 0.272 e. The molecule has 5 heteroatoms. The van der Waals surface area contributed by atoms with E-state index in [-0.39, 0.29) is 11.6 Å². The fourth-order valence-electron chi connectivity index (χ4n) is 1.91. The van der Waals surface area contributed by atoms with Crippen LogP contribution in [-0.2, 0) is 6.54 Å². The predicted molar refractivity (Wildman–Crippen MR) is 73.6 cm³/mol. The zero-order valence-corrected chi connectivity index (χ0v) is 10.9. The van der Waals surface area contributed by atoms with Crippen molar-refractivity contribution in [2.45, 2.75) is 20.4 Å². The summed E-state index contributed by atoms with van der Waals surface area (Å²) in [6.45, 7) is 4.36. The molecule has 2 rings (SSSR count). The molecule has 0 aliphatic heterocycles. The van der Waals surface area contributed by atoms with Crippen molar-refractivity contribution in [3.63, 3.8) is 0 Å². The summed E-state index contributed by atoms with van der Waals surface area (Å²) in [6.07, 6.45) is 1.68. The number of nitrogens with two attached hydrogens (primary N) is 1. The van der Waals surface area contributed by atoms with Crippen molar-refractivity contribution in [2.75, 3.05) is 11.1 Å². The summed E-state index contributed by atoms with van der Waals surface area (Å²) >= 11 is 0. The van der Waals surface area contributed by atoms with E-state index in [1.54, 1.807) is 29.0 Å². The zero-order valence-electron chi connectivity index (χ0n) is 10.9. The van der Waals surface area contributed by atoms with Gasteiger partial charge < -0.3 is 15.6 Å². The first-order chi connectivity index (χ1) is 9.01. The fraction of sp³-hybridized carbons (Fsp3) is 0.214. The predicted octanol–water partition coefficient (Wildman–Crippen LogP) is 2.79. The molecule has 0 radical (unpaired) electrons. The second-order valence-corrected chi connectivity index (χ2v) is 4.38. The molecule has 3 N–H and O–H groups in total. The lowest BCUT2D eigenvalue weighted by Crippen LogP contribution is -2.17. The van der Waals surface area contributed by atoms with Gasteiger partial charge in [-0.2, -0.15) is 0 Å². The van der Waals surface area contributed by atoms with Gasteiger partial charge in [-0.25, -0.2) is 4.39 Å². The third-order valence-electron chi connectivity index (χ3n) is 2.86. The molecule has 0 aliphatic carbocycles. The van der Waals surface area contributed by atoms with E-state index in [0.717, 1.165) is 5.56 Å². The van der Waals surface area contributed by atoms with Crippen LogP contribution >= 0.6 is 0 Å². The van der Waals surface area contributed by atoms with Crippen molar-refractivity contribution in [3.05, 3.63) is 47.5 Å². The molecule has 0 spiro atoms. The standard InChI is InChI=1S/C14H16FN3O/c1-3-18-8-10(16)7-13(18)14(19)17-12-6-9(2)4-5-11(12)15/h4-8H,3,16H2,1-2H3,(H,17,19). The van der Waals surface area contributed by atoms with Gasteiger partial charge in [-0.05, 0) is 37.6 Å². The minimum Gasteiger partial charge on any atom is -0.397 e. The number of nitrogen functional groups attached to an aromatic ring is 1. The Bertz CT molecular complexity index is 619. The molecule has 19 heavy (non-hydrogen) atoms. The van der Waals surface area contributed by atoms with E-state index in [1.165, 1.54) is 6.07 Å². The molecule has 1 heterocycles. The van der Waals surface area contributed by atoms with Gasteiger partial charge in [0.1, 0.15) is 11.5 Å². The highest BCUT2D eigenvalue weighted by Crippen LogP contribution is 2.18. The summed E-state index contributed by atoms with van der Waals surface area (Å²) in [5, 5.41) is 2.57. The van der Waals surface area contributed by atoms with E-state index < -0.39 is 5.82 Å². The first-order valence-corrected chi connectivity index (χ1v) is 6.04. The maximum atomic E-state index is 13.6. The lowest BCUT2D eigenvalue weighted by atomic mass is 10.2. The minimum absolute atomic E-state index is 0.174. The molecule has 0 unspecified atom stereocenters. The van der Waals surface area contributed by atoms with E-state index in [1.807, 2.05) is 13.8 Å². The van der Waals surface area contributed by atoms with Crippen LogP contribution in [0.25, 0.3) is 0 Å². The van der Waals surface area contributed by atoms with Crippen LogP contribution in [0.1, 0.15) is 23.0 Å². The van der Waals surface area contributed by atoms with Crippen molar-refractivity contribution >= 4 is 17.3 Å². The lowest BCUT2D eigenvalue weighted by molar-refractivity contribution is 0.101. The summed E-state index contributed by atoms with van der Waals surface area (Å²) in [4.78, 5) is 12.1. The summed E-state index contributed by atoms with van der Waals surface area (Å²) < 4.78 is 15.3. The summed E-state index contributed by atoms with van der Waals surface area (Å²) in [6, 6.07) is 6.15. The van der Waals surface area contributed by atoms with Gasteiger partial charge in [0.05, 0.1) is 11.4 Å². The number of carbonyl (C=O) groups is 1. The molecule has 0 bridgehead atoms. The van der Waals surface area contributed by atoms with Crippen LogP contribution in [0.2, 0.25) is 0 Å². The molecular formula is C14H16FN3O. The first kappa shape index (κ1) is 13.1. The average molecular weight is 261 g/mol. The largest absolute Gasteiger partial charge is 0.397 e. The number of nitrogens with zero attached hydrogens (tertiary/aromatic N) is 1. The van der Waals surface area contributed by atoms with E-state index in [9.17, 15) is 9.18 Å². The Balaban J connectivity index is 2.27. The SMILES string of the molecule is CCn1cc(N)cc1C(=O)Nc1cc(C)ccc1F. The van der Waals surface area contributed by atoms with Gasteiger partial charge >= 0.3 is 0 Å². The van der Waals surface area contributed by atoms with Crippen LogP contribution in [0.15, 0.2) is 30.5 Å². The first-order valence-electron chi connectivity index (χ1n) is 6.04. The number of anilines is 2. The number of rotatable bonds is 3. The number of aromatic nitrogens is 1. The highest BCUT2D eigenvalue weighted by molar-refractivity contribution is 6.03.